The van der Waals surface area contributed by atoms with Crippen molar-refractivity contribution in [2.75, 3.05) is 6.61 Å². The van der Waals surface area contributed by atoms with Crippen LogP contribution in [0.5, 0.6) is 0 Å². The molecule has 0 fully saturated rings. The number of hydrogen-bond acceptors (Lipinski definition) is 2. The Labute approximate surface area is 87.5 Å². The van der Waals surface area contributed by atoms with Gasteiger partial charge in [0.25, 0.3) is 5.60 Å². The molecule has 0 saturated carbocycles. The molecule has 0 aromatic rings. The molecule has 0 radical (unpaired) electrons. The van der Waals surface area contributed by atoms with Crippen molar-refractivity contribution in [3.63, 3.8) is 0 Å². The fourth-order valence-corrected chi connectivity index (χ4v) is 0.939. The Bertz CT molecular complexity index is 218. The van der Waals surface area contributed by atoms with E-state index in [2.05, 4.69) is 11.3 Å². The van der Waals surface area contributed by atoms with Gasteiger partial charge < -0.3 is 9.84 Å². The molecule has 0 aliphatic carbocycles. The molecule has 96 valence electrons. The van der Waals surface area contributed by atoms with Crippen molar-refractivity contribution in [1.82, 2.24) is 0 Å². The van der Waals surface area contributed by atoms with Crippen LogP contribution in [0.2, 0.25) is 0 Å². The van der Waals surface area contributed by atoms with Crippen LogP contribution in [0.4, 0.5) is 26.3 Å². The summed E-state index contributed by atoms with van der Waals surface area (Å²) in [7, 11) is 0. The number of rotatable bonds is 5. The molecule has 0 amide bonds. The van der Waals surface area contributed by atoms with Crippen LogP contribution in [0.3, 0.4) is 0 Å². The van der Waals surface area contributed by atoms with E-state index in [1.54, 1.807) is 0 Å². The highest BCUT2D eigenvalue weighted by Gasteiger charge is 2.69. The molecule has 0 spiro atoms. The molecular formula is C8H10F6O2. The highest BCUT2D eigenvalue weighted by Crippen LogP contribution is 2.45. The van der Waals surface area contributed by atoms with Gasteiger partial charge in [-0.25, -0.2) is 0 Å². The second kappa shape index (κ2) is 4.94. The van der Waals surface area contributed by atoms with Gasteiger partial charge in [-0.15, -0.1) is 0 Å². The maximum Gasteiger partial charge on any atom is 0.426 e. The Morgan fingerprint density at radius 1 is 1.06 bits per heavy atom. The monoisotopic (exact) mass is 252 g/mol. The molecule has 0 aliphatic heterocycles. The molecule has 2 nitrogen and oxygen atoms in total. The molecule has 0 atom stereocenters. The van der Waals surface area contributed by atoms with Crippen LogP contribution in [-0.4, -0.2) is 29.7 Å². The van der Waals surface area contributed by atoms with Gasteiger partial charge in [-0.05, 0) is 12.8 Å². The van der Waals surface area contributed by atoms with Crippen LogP contribution >= 0.6 is 0 Å². The Balaban J connectivity index is 4.64. The number of aliphatic hydroxyl groups is 1. The second-order valence-corrected chi connectivity index (χ2v) is 3.00. The summed E-state index contributed by atoms with van der Waals surface area (Å²) in [6, 6.07) is 0. The maximum atomic E-state index is 12.1. The molecule has 0 aromatic carbocycles. The summed E-state index contributed by atoms with van der Waals surface area (Å²) in [5, 5.41) is 8.65. The number of halogens is 6. The standard InChI is InChI=1S/C8H10F6O2/c1-2-16-5-3-4-6(15,7(9,10)11)8(12,13)14/h2,15H,1,3-5H2. The van der Waals surface area contributed by atoms with E-state index in [0.29, 0.717) is 0 Å². The van der Waals surface area contributed by atoms with Crippen molar-refractivity contribution >= 4 is 0 Å². The summed E-state index contributed by atoms with van der Waals surface area (Å²) < 4.78 is 76.8. The topological polar surface area (TPSA) is 29.5 Å². The Kier molecular flexibility index (Phi) is 4.66. The van der Waals surface area contributed by atoms with Crippen molar-refractivity contribution in [3.05, 3.63) is 12.8 Å². The minimum atomic E-state index is -5.76. The molecule has 16 heavy (non-hydrogen) atoms. The van der Waals surface area contributed by atoms with E-state index in [0.717, 1.165) is 6.26 Å². The maximum absolute atomic E-state index is 12.1. The lowest BCUT2D eigenvalue weighted by Crippen LogP contribution is -2.56. The summed E-state index contributed by atoms with van der Waals surface area (Å²) in [5.41, 5.74) is -4.69. The number of alkyl halides is 6. The van der Waals surface area contributed by atoms with Gasteiger partial charge in [0.05, 0.1) is 12.9 Å². The van der Waals surface area contributed by atoms with E-state index in [9.17, 15) is 26.3 Å². The average Bonchev–Trinajstić information content (AvgIpc) is 2.08. The highest BCUT2D eigenvalue weighted by atomic mass is 19.4. The van der Waals surface area contributed by atoms with Crippen molar-refractivity contribution in [3.8, 4) is 0 Å². The Morgan fingerprint density at radius 3 is 1.81 bits per heavy atom. The third-order valence-electron chi connectivity index (χ3n) is 1.86. The third kappa shape index (κ3) is 3.29. The van der Waals surface area contributed by atoms with E-state index in [-0.39, 0.29) is 6.61 Å². The molecular weight excluding hydrogens is 242 g/mol. The van der Waals surface area contributed by atoms with Gasteiger partial charge in [-0.1, -0.05) is 6.58 Å². The summed E-state index contributed by atoms with van der Waals surface area (Å²) >= 11 is 0. The normalized spacial score (nSPS) is 13.7. The van der Waals surface area contributed by atoms with Gasteiger partial charge in [0.1, 0.15) is 0 Å². The zero-order valence-corrected chi connectivity index (χ0v) is 8.03. The summed E-state index contributed by atoms with van der Waals surface area (Å²) in [6.45, 7) is 2.69. The van der Waals surface area contributed by atoms with Crippen LogP contribution in [0, 0.1) is 0 Å². The average molecular weight is 252 g/mol. The summed E-state index contributed by atoms with van der Waals surface area (Å²) in [5.74, 6) is 0. The quantitative estimate of drug-likeness (QED) is 0.463. The van der Waals surface area contributed by atoms with E-state index in [1.165, 1.54) is 0 Å². The van der Waals surface area contributed by atoms with Gasteiger partial charge in [-0.3, -0.25) is 0 Å². The molecule has 8 heteroatoms. The fraction of sp³-hybridized carbons (Fsp3) is 0.750. The minimum Gasteiger partial charge on any atom is -0.502 e. The number of hydrogen-bond donors (Lipinski definition) is 1. The first-order valence-corrected chi connectivity index (χ1v) is 4.14. The summed E-state index contributed by atoms with van der Waals surface area (Å²) in [4.78, 5) is 0. The third-order valence-corrected chi connectivity index (χ3v) is 1.86. The predicted octanol–water partition coefficient (Wildman–Crippen LogP) is 2.78. The smallest absolute Gasteiger partial charge is 0.426 e. The zero-order chi connectivity index (χ0) is 13.0. The lowest BCUT2D eigenvalue weighted by Gasteiger charge is -2.32. The zero-order valence-electron chi connectivity index (χ0n) is 8.03. The van der Waals surface area contributed by atoms with Crippen molar-refractivity contribution in [1.29, 1.82) is 0 Å². The van der Waals surface area contributed by atoms with Crippen molar-refractivity contribution < 1.29 is 36.2 Å². The van der Waals surface area contributed by atoms with E-state index in [4.69, 9.17) is 5.11 Å². The minimum absolute atomic E-state index is 0.377. The fourth-order valence-electron chi connectivity index (χ4n) is 0.939. The Hall–Kier alpha value is -0.920. The highest BCUT2D eigenvalue weighted by molar-refractivity contribution is 4.93. The first-order chi connectivity index (χ1) is 7.06. The largest absolute Gasteiger partial charge is 0.502 e. The molecule has 0 rings (SSSR count). The predicted molar refractivity (Wildman–Crippen MR) is 42.4 cm³/mol. The van der Waals surface area contributed by atoms with Gasteiger partial charge in [0.2, 0.25) is 0 Å². The molecule has 0 saturated heterocycles. The summed E-state index contributed by atoms with van der Waals surface area (Å²) in [6.07, 6.45) is -12.7. The van der Waals surface area contributed by atoms with E-state index < -0.39 is 30.8 Å². The van der Waals surface area contributed by atoms with Gasteiger partial charge in [0.15, 0.2) is 0 Å². The first-order valence-electron chi connectivity index (χ1n) is 4.14. The van der Waals surface area contributed by atoms with Crippen LogP contribution in [0.15, 0.2) is 12.8 Å². The molecule has 0 unspecified atom stereocenters. The van der Waals surface area contributed by atoms with Crippen LogP contribution < -0.4 is 0 Å². The molecule has 0 aliphatic rings. The van der Waals surface area contributed by atoms with Crippen LogP contribution in [-0.2, 0) is 4.74 Å². The van der Waals surface area contributed by atoms with Gasteiger partial charge in [-0.2, -0.15) is 26.3 Å². The van der Waals surface area contributed by atoms with Gasteiger partial charge in [0, 0.05) is 0 Å². The van der Waals surface area contributed by atoms with Crippen LogP contribution in [0.1, 0.15) is 12.8 Å². The van der Waals surface area contributed by atoms with Crippen LogP contribution in [0.25, 0.3) is 0 Å². The molecule has 0 bridgehead atoms. The second-order valence-electron chi connectivity index (χ2n) is 3.00. The van der Waals surface area contributed by atoms with Crippen molar-refractivity contribution in [2.24, 2.45) is 0 Å². The number of ether oxygens (including phenoxy) is 1. The molecule has 1 N–H and O–H groups in total. The Morgan fingerprint density at radius 2 is 1.50 bits per heavy atom. The van der Waals surface area contributed by atoms with Crippen molar-refractivity contribution in [2.45, 2.75) is 30.8 Å². The molecule has 0 aromatic heterocycles. The first kappa shape index (κ1) is 15.1. The molecule has 0 heterocycles. The lowest BCUT2D eigenvalue weighted by molar-refractivity contribution is -0.370. The van der Waals surface area contributed by atoms with E-state index in [1.807, 2.05) is 0 Å². The SMILES string of the molecule is C=COCCCC(O)(C(F)(F)F)C(F)(F)F. The lowest BCUT2D eigenvalue weighted by atomic mass is 9.96. The van der Waals surface area contributed by atoms with Gasteiger partial charge >= 0.3 is 12.4 Å². The van der Waals surface area contributed by atoms with E-state index >= 15 is 0 Å².